The van der Waals surface area contributed by atoms with Crippen molar-refractivity contribution in [3.63, 3.8) is 0 Å². The van der Waals surface area contributed by atoms with E-state index in [1.807, 2.05) is 6.07 Å². The first kappa shape index (κ1) is 14.3. The van der Waals surface area contributed by atoms with Crippen molar-refractivity contribution in [2.45, 2.75) is 38.4 Å². The monoisotopic (exact) mass is 228 g/mol. The Morgan fingerprint density at radius 3 is 2.40 bits per heavy atom. The molecular formula is C11H20N2OS. The van der Waals surface area contributed by atoms with Crippen molar-refractivity contribution in [2.75, 3.05) is 12.8 Å². The number of nitrogens with one attached hydrogen (secondary N) is 1. The molecule has 86 valence electrons. The molecule has 0 spiro atoms. The van der Waals surface area contributed by atoms with E-state index in [2.05, 4.69) is 25.4 Å². The van der Waals surface area contributed by atoms with Crippen LogP contribution in [0.3, 0.4) is 0 Å². The van der Waals surface area contributed by atoms with Gasteiger partial charge in [0.25, 0.3) is 0 Å². The SMILES string of the molecule is CCC(CC)(CNC(=O)C(C)C#N)SC. The van der Waals surface area contributed by atoms with Crippen LogP contribution in [0.1, 0.15) is 33.6 Å². The molecule has 1 unspecified atom stereocenters. The Hall–Kier alpha value is -0.690. The minimum Gasteiger partial charge on any atom is -0.354 e. The summed E-state index contributed by atoms with van der Waals surface area (Å²) in [5, 5.41) is 11.4. The van der Waals surface area contributed by atoms with Crippen LogP contribution in [0.2, 0.25) is 0 Å². The number of nitrogens with zero attached hydrogens (tertiary/aromatic N) is 1. The fourth-order valence-electron chi connectivity index (χ4n) is 1.32. The third-order valence-electron chi connectivity index (χ3n) is 2.89. The molecule has 4 heteroatoms. The van der Waals surface area contributed by atoms with Gasteiger partial charge in [0, 0.05) is 11.3 Å². The first-order valence-electron chi connectivity index (χ1n) is 5.27. The smallest absolute Gasteiger partial charge is 0.237 e. The van der Waals surface area contributed by atoms with E-state index >= 15 is 0 Å². The zero-order chi connectivity index (χ0) is 11.9. The van der Waals surface area contributed by atoms with Crippen molar-refractivity contribution in [2.24, 2.45) is 5.92 Å². The average Bonchev–Trinajstić information content (AvgIpc) is 2.30. The molecule has 0 aromatic heterocycles. The quantitative estimate of drug-likeness (QED) is 0.758. The van der Waals surface area contributed by atoms with E-state index in [9.17, 15) is 4.79 Å². The number of carbonyl (C=O) groups is 1. The minimum atomic E-state index is -0.557. The van der Waals surface area contributed by atoms with Crippen LogP contribution in [-0.2, 0) is 4.79 Å². The molecule has 1 amide bonds. The molecule has 0 saturated carbocycles. The lowest BCUT2D eigenvalue weighted by Gasteiger charge is -2.29. The fourth-order valence-corrected chi connectivity index (χ4v) is 2.11. The van der Waals surface area contributed by atoms with E-state index in [1.54, 1.807) is 18.7 Å². The summed E-state index contributed by atoms with van der Waals surface area (Å²) in [7, 11) is 0. The highest BCUT2D eigenvalue weighted by Crippen LogP contribution is 2.29. The summed E-state index contributed by atoms with van der Waals surface area (Å²) in [6.45, 7) is 6.51. The number of rotatable bonds is 6. The molecule has 0 radical (unpaired) electrons. The van der Waals surface area contributed by atoms with E-state index in [0.29, 0.717) is 6.54 Å². The number of thioether (sulfide) groups is 1. The summed E-state index contributed by atoms with van der Waals surface area (Å²) >= 11 is 1.78. The Morgan fingerprint density at radius 1 is 1.53 bits per heavy atom. The van der Waals surface area contributed by atoms with Gasteiger partial charge in [0.05, 0.1) is 6.07 Å². The van der Waals surface area contributed by atoms with Crippen molar-refractivity contribution in [3.8, 4) is 6.07 Å². The molecule has 1 N–H and O–H groups in total. The van der Waals surface area contributed by atoms with Gasteiger partial charge >= 0.3 is 0 Å². The first-order valence-corrected chi connectivity index (χ1v) is 6.50. The lowest BCUT2D eigenvalue weighted by molar-refractivity contribution is -0.123. The summed E-state index contributed by atoms with van der Waals surface area (Å²) < 4.78 is 0.116. The van der Waals surface area contributed by atoms with E-state index in [0.717, 1.165) is 12.8 Å². The number of amides is 1. The molecule has 0 aromatic rings. The predicted octanol–water partition coefficient (Wildman–Crippen LogP) is 2.18. The molecule has 0 fully saturated rings. The van der Waals surface area contributed by atoms with Crippen LogP contribution >= 0.6 is 11.8 Å². The highest BCUT2D eigenvalue weighted by molar-refractivity contribution is 8.00. The first-order chi connectivity index (χ1) is 7.05. The highest BCUT2D eigenvalue weighted by atomic mass is 32.2. The number of hydrogen-bond acceptors (Lipinski definition) is 3. The van der Waals surface area contributed by atoms with Crippen LogP contribution in [-0.4, -0.2) is 23.5 Å². The predicted molar refractivity (Wildman–Crippen MR) is 64.6 cm³/mol. The molecule has 0 heterocycles. The second-order valence-corrected chi connectivity index (χ2v) is 4.94. The summed E-state index contributed by atoms with van der Waals surface area (Å²) in [5.41, 5.74) is 0. The molecular weight excluding hydrogens is 208 g/mol. The maximum Gasteiger partial charge on any atom is 0.237 e. The largest absolute Gasteiger partial charge is 0.354 e. The Morgan fingerprint density at radius 2 is 2.07 bits per heavy atom. The van der Waals surface area contributed by atoms with Crippen LogP contribution in [0.5, 0.6) is 0 Å². The van der Waals surface area contributed by atoms with Crippen molar-refractivity contribution in [1.29, 1.82) is 5.26 Å². The van der Waals surface area contributed by atoms with Gasteiger partial charge in [-0.25, -0.2) is 0 Å². The topological polar surface area (TPSA) is 52.9 Å². The molecule has 3 nitrogen and oxygen atoms in total. The van der Waals surface area contributed by atoms with Crippen molar-refractivity contribution in [3.05, 3.63) is 0 Å². The molecule has 0 aliphatic heterocycles. The van der Waals surface area contributed by atoms with Crippen LogP contribution in [0.25, 0.3) is 0 Å². The lowest BCUT2D eigenvalue weighted by Crippen LogP contribution is -2.41. The van der Waals surface area contributed by atoms with Gasteiger partial charge in [0.1, 0.15) is 5.92 Å². The van der Waals surface area contributed by atoms with Crippen molar-refractivity contribution in [1.82, 2.24) is 5.32 Å². The lowest BCUT2D eigenvalue weighted by atomic mass is 10.0. The molecule has 1 atom stereocenters. The highest BCUT2D eigenvalue weighted by Gasteiger charge is 2.26. The number of carbonyl (C=O) groups excluding carboxylic acids is 1. The summed E-state index contributed by atoms with van der Waals surface area (Å²) in [6.07, 6.45) is 4.10. The molecule has 0 rings (SSSR count). The maximum atomic E-state index is 11.4. The van der Waals surface area contributed by atoms with Crippen LogP contribution < -0.4 is 5.32 Å². The van der Waals surface area contributed by atoms with Gasteiger partial charge in [0.2, 0.25) is 5.91 Å². The second kappa shape index (κ2) is 6.73. The minimum absolute atomic E-state index is 0.116. The third-order valence-corrected chi connectivity index (χ3v) is 4.48. The Kier molecular flexibility index (Phi) is 6.42. The van der Waals surface area contributed by atoms with Gasteiger partial charge in [0.15, 0.2) is 0 Å². The Balaban J connectivity index is 4.24. The van der Waals surface area contributed by atoms with Gasteiger partial charge < -0.3 is 5.32 Å². The molecule has 15 heavy (non-hydrogen) atoms. The molecule has 0 saturated heterocycles. The third kappa shape index (κ3) is 4.13. The van der Waals surface area contributed by atoms with Gasteiger partial charge in [-0.15, -0.1) is 0 Å². The Labute approximate surface area is 96.6 Å². The second-order valence-electron chi connectivity index (χ2n) is 3.66. The van der Waals surface area contributed by atoms with E-state index in [1.165, 1.54) is 0 Å². The Bertz CT molecular complexity index is 235. The number of hydrogen-bond donors (Lipinski definition) is 1. The summed E-state index contributed by atoms with van der Waals surface area (Å²) in [5.74, 6) is -0.726. The van der Waals surface area contributed by atoms with Gasteiger partial charge in [-0.1, -0.05) is 13.8 Å². The summed E-state index contributed by atoms with van der Waals surface area (Å²) in [4.78, 5) is 11.4. The fraction of sp³-hybridized carbons (Fsp3) is 0.818. The zero-order valence-corrected chi connectivity index (χ0v) is 10.8. The maximum absolute atomic E-state index is 11.4. The molecule has 0 aliphatic rings. The van der Waals surface area contributed by atoms with Crippen molar-refractivity contribution < 1.29 is 4.79 Å². The standard InChI is InChI=1S/C11H20N2OS/c1-5-11(6-2,15-4)8-13-10(14)9(3)7-12/h9H,5-6,8H2,1-4H3,(H,13,14). The van der Waals surface area contributed by atoms with E-state index in [-0.39, 0.29) is 10.7 Å². The molecule has 0 aromatic carbocycles. The van der Waals surface area contributed by atoms with E-state index < -0.39 is 5.92 Å². The average molecular weight is 228 g/mol. The van der Waals surface area contributed by atoms with Crippen LogP contribution in [0.15, 0.2) is 0 Å². The molecule has 0 aliphatic carbocycles. The summed E-state index contributed by atoms with van der Waals surface area (Å²) in [6, 6.07) is 1.94. The van der Waals surface area contributed by atoms with Crippen molar-refractivity contribution >= 4 is 17.7 Å². The van der Waals surface area contributed by atoms with Gasteiger partial charge in [-0.2, -0.15) is 17.0 Å². The van der Waals surface area contributed by atoms with Crippen LogP contribution in [0.4, 0.5) is 0 Å². The van der Waals surface area contributed by atoms with Gasteiger partial charge in [-0.3, -0.25) is 4.79 Å². The number of nitriles is 1. The van der Waals surface area contributed by atoms with Gasteiger partial charge in [-0.05, 0) is 26.0 Å². The van der Waals surface area contributed by atoms with E-state index in [4.69, 9.17) is 5.26 Å². The zero-order valence-electron chi connectivity index (χ0n) is 9.96. The van der Waals surface area contributed by atoms with Crippen LogP contribution in [0, 0.1) is 17.2 Å². The molecule has 0 bridgehead atoms. The normalized spacial score (nSPS) is 13.0.